The van der Waals surface area contributed by atoms with E-state index in [-0.39, 0.29) is 0 Å². The van der Waals surface area contributed by atoms with E-state index >= 15 is 0 Å². The molecule has 0 aromatic heterocycles. The van der Waals surface area contributed by atoms with Gasteiger partial charge in [0.15, 0.2) is 0 Å². The first-order chi connectivity index (χ1) is 7.72. The maximum atomic E-state index is 5.59. The van der Waals surface area contributed by atoms with Crippen molar-refractivity contribution in [1.29, 1.82) is 0 Å². The van der Waals surface area contributed by atoms with Gasteiger partial charge >= 0.3 is 0 Å². The molecule has 0 radical (unpaired) electrons. The first-order valence-corrected chi connectivity index (χ1v) is 6.24. The number of benzene rings is 1. The van der Waals surface area contributed by atoms with Gasteiger partial charge in [0.1, 0.15) is 11.5 Å². The molecule has 0 amide bonds. The second-order valence-corrected chi connectivity index (χ2v) is 4.14. The number of hydrogen-bond donors (Lipinski definition) is 1. The predicted molar refractivity (Wildman–Crippen MR) is 69.2 cm³/mol. The summed E-state index contributed by atoms with van der Waals surface area (Å²) in [6.07, 6.45) is 0. The van der Waals surface area contributed by atoms with Gasteiger partial charge < -0.3 is 14.8 Å². The van der Waals surface area contributed by atoms with E-state index in [4.69, 9.17) is 9.47 Å². The topological polar surface area (TPSA) is 30.5 Å². The van der Waals surface area contributed by atoms with Crippen LogP contribution < -0.4 is 14.8 Å². The smallest absolute Gasteiger partial charge is 0.137 e. The van der Waals surface area contributed by atoms with Gasteiger partial charge in [-0.15, -0.1) is 0 Å². The second-order valence-electron chi connectivity index (χ2n) is 3.29. The zero-order chi connectivity index (χ0) is 12.0. The molecular weight excluding hydrogens is 270 g/mol. The van der Waals surface area contributed by atoms with Crippen molar-refractivity contribution in [2.24, 2.45) is 0 Å². The molecule has 1 rings (SSSR count). The third kappa shape index (κ3) is 3.39. The third-order valence-electron chi connectivity index (χ3n) is 2.08. The van der Waals surface area contributed by atoms with Crippen LogP contribution in [0, 0.1) is 0 Å². The van der Waals surface area contributed by atoms with E-state index in [9.17, 15) is 0 Å². The molecule has 0 saturated heterocycles. The van der Waals surface area contributed by atoms with Gasteiger partial charge in [-0.2, -0.15) is 0 Å². The van der Waals surface area contributed by atoms with Crippen LogP contribution in [0.25, 0.3) is 0 Å². The Balaban J connectivity index is 3.03. The van der Waals surface area contributed by atoms with Gasteiger partial charge in [0, 0.05) is 18.2 Å². The zero-order valence-electron chi connectivity index (χ0n) is 9.97. The standard InChI is InChI=1S/C12H18BrNO2/c1-4-15-11-7-12(16-5-2)10(13)6-9(11)8-14-3/h6-7,14H,4-5,8H2,1-3H3. The van der Waals surface area contributed by atoms with Crippen molar-refractivity contribution in [3.8, 4) is 11.5 Å². The molecule has 1 aromatic rings. The molecular formula is C12H18BrNO2. The van der Waals surface area contributed by atoms with Crippen LogP contribution in [0.4, 0.5) is 0 Å². The van der Waals surface area contributed by atoms with Crippen LogP contribution in [-0.2, 0) is 6.54 Å². The van der Waals surface area contributed by atoms with Crippen LogP contribution in [0.3, 0.4) is 0 Å². The summed E-state index contributed by atoms with van der Waals surface area (Å²) in [6.45, 7) is 6.03. The average molecular weight is 288 g/mol. The first kappa shape index (κ1) is 13.3. The van der Waals surface area contributed by atoms with E-state index in [0.29, 0.717) is 13.2 Å². The van der Waals surface area contributed by atoms with Crippen molar-refractivity contribution in [1.82, 2.24) is 5.32 Å². The van der Waals surface area contributed by atoms with Crippen LogP contribution >= 0.6 is 15.9 Å². The Hall–Kier alpha value is -0.740. The van der Waals surface area contributed by atoms with E-state index < -0.39 is 0 Å². The van der Waals surface area contributed by atoms with Gasteiger partial charge in [-0.05, 0) is 42.9 Å². The summed E-state index contributed by atoms with van der Waals surface area (Å²) in [6, 6.07) is 3.97. The summed E-state index contributed by atoms with van der Waals surface area (Å²) in [7, 11) is 1.92. The van der Waals surface area contributed by atoms with E-state index in [0.717, 1.165) is 28.1 Å². The van der Waals surface area contributed by atoms with Crippen molar-refractivity contribution in [2.75, 3.05) is 20.3 Å². The maximum Gasteiger partial charge on any atom is 0.137 e. The SMILES string of the molecule is CCOc1cc(OCC)c(CNC)cc1Br. The van der Waals surface area contributed by atoms with Crippen LogP contribution in [0.1, 0.15) is 19.4 Å². The monoisotopic (exact) mass is 287 g/mol. The minimum atomic E-state index is 0.648. The average Bonchev–Trinajstić information content (AvgIpc) is 2.25. The highest BCUT2D eigenvalue weighted by molar-refractivity contribution is 9.10. The summed E-state index contributed by atoms with van der Waals surface area (Å²) in [5.74, 6) is 1.70. The first-order valence-electron chi connectivity index (χ1n) is 5.45. The Morgan fingerprint density at radius 3 is 2.31 bits per heavy atom. The summed E-state index contributed by atoms with van der Waals surface area (Å²) in [5, 5.41) is 3.12. The lowest BCUT2D eigenvalue weighted by Gasteiger charge is -2.14. The largest absolute Gasteiger partial charge is 0.493 e. The maximum absolute atomic E-state index is 5.59. The molecule has 16 heavy (non-hydrogen) atoms. The zero-order valence-corrected chi connectivity index (χ0v) is 11.6. The van der Waals surface area contributed by atoms with E-state index in [1.165, 1.54) is 0 Å². The van der Waals surface area contributed by atoms with Crippen molar-refractivity contribution in [3.05, 3.63) is 22.2 Å². The lowest BCUT2D eigenvalue weighted by Crippen LogP contribution is -2.08. The minimum absolute atomic E-state index is 0.648. The van der Waals surface area contributed by atoms with Crippen LogP contribution in [0.15, 0.2) is 16.6 Å². The lowest BCUT2D eigenvalue weighted by molar-refractivity contribution is 0.319. The molecule has 1 N–H and O–H groups in total. The highest BCUT2D eigenvalue weighted by atomic mass is 79.9. The third-order valence-corrected chi connectivity index (χ3v) is 2.70. The van der Waals surface area contributed by atoms with E-state index in [2.05, 4.69) is 21.2 Å². The van der Waals surface area contributed by atoms with Crippen molar-refractivity contribution in [3.63, 3.8) is 0 Å². The van der Waals surface area contributed by atoms with Gasteiger partial charge in [-0.1, -0.05) is 0 Å². The fourth-order valence-electron chi connectivity index (χ4n) is 1.46. The molecule has 90 valence electrons. The summed E-state index contributed by atoms with van der Waals surface area (Å²) < 4.78 is 12.1. The number of ether oxygens (including phenoxy) is 2. The van der Waals surface area contributed by atoms with Crippen LogP contribution in [-0.4, -0.2) is 20.3 Å². The minimum Gasteiger partial charge on any atom is -0.493 e. The number of halogens is 1. The summed E-state index contributed by atoms with van der Waals surface area (Å²) in [5.41, 5.74) is 1.12. The second kappa shape index (κ2) is 6.76. The molecule has 1 aromatic carbocycles. The highest BCUT2D eigenvalue weighted by Gasteiger charge is 2.09. The van der Waals surface area contributed by atoms with Crippen LogP contribution in [0.2, 0.25) is 0 Å². The van der Waals surface area contributed by atoms with Crippen LogP contribution in [0.5, 0.6) is 11.5 Å². The lowest BCUT2D eigenvalue weighted by atomic mass is 10.2. The van der Waals surface area contributed by atoms with Gasteiger partial charge in [0.2, 0.25) is 0 Å². The molecule has 0 aliphatic carbocycles. The van der Waals surface area contributed by atoms with Crippen molar-refractivity contribution >= 4 is 15.9 Å². The van der Waals surface area contributed by atoms with Gasteiger partial charge in [-0.25, -0.2) is 0 Å². The number of hydrogen-bond acceptors (Lipinski definition) is 3. The Morgan fingerprint density at radius 1 is 1.12 bits per heavy atom. The van der Waals surface area contributed by atoms with E-state index in [1.54, 1.807) is 0 Å². The summed E-state index contributed by atoms with van der Waals surface area (Å²) >= 11 is 3.50. The molecule has 4 heteroatoms. The molecule has 0 aliphatic rings. The predicted octanol–water partition coefficient (Wildman–Crippen LogP) is 2.97. The molecule has 0 atom stereocenters. The molecule has 0 unspecified atom stereocenters. The van der Waals surface area contributed by atoms with Gasteiger partial charge in [0.25, 0.3) is 0 Å². The van der Waals surface area contributed by atoms with Crippen molar-refractivity contribution < 1.29 is 9.47 Å². The van der Waals surface area contributed by atoms with E-state index in [1.807, 2.05) is 33.0 Å². The Bertz CT molecular complexity index is 342. The molecule has 0 saturated carbocycles. The molecule has 0 aliphatic heterocycles. The normalized spacial score (nSPS) is 10.2. The van der Waals surface area contributed by atoms with Crippen molar-refractivity contribution in [2.45, 2.75) is 20.4 Å². The Morgan fingerprint density at radius 2 is 1.75 bits per heavy atom. The number of rotatable bonds is 6. The summed E-state index contributed by atoms with van der Waals surface area (Å²) in [4.78, 5) is 0. The quantitative estimate of drug-likeness (QED) is 0.873. The molecule has 0 heterocycles. The Labute approximate surface area is 105 Å². The Kier molecular flexibility index (Phi) is 5.63. The molecule has 3 nitrogen and oxygen atoms in total. The van der Waals surface area contributed by atoms with Gasteiger partial charge in [0.05, 0.1) is 17.7 Å². The molecule has 0 fully saturated rings. The molecule has 0 bridgehead atoms. The number of nitrogens with one attached hydrogen (secondary N) is 1. The highest BCUT2D eigenvalue weighted by Crippen LogP contribution is 2.33. The molecule has 0 spiro atoms. The van der Waals surface area contributed by atoms with Gasteiger partial charge in [-0.3, -0.25) is 0 Å². The fraction of sp³-hybridized carbons (Fsp3) is 0.500. The fourth-order valence-corrected chi connectivity index (χ4v) is 1.97.